The Morgan fingerprint density at radius 1 is 1.00 bits per heavy atom. The highest BCUT2D eigenvalue weighted by Gasteiger charge is 2.64. The molecule has 1 N–H and O–H groups in total. The minimum atomic E-state index is -0.191. The second-order valence-corrected chi connectivity index (χ2v) is 5.65. The van der Waals surface area contributed by atoms with Gasteiger partial charge in [0.15, 0.2) is 0 Å². The third-order valence-corrected chi connectivity index (χ3v) is 4.62. The lowest BCUT2D eigenvalue weighted by Crippen LogP contribution is -2.15. The highest BCUT2D eigenvalue weighted by atomic mass is 16.3. The van der Waals surface area contributed by atoms with Crippen LogP contribution < -0.4 is 0 Å². The molecular weight excluding hydrogens is 184 g/mol. The number of hydrogen-bond acceptors (Lipinski definition) is 1. The number of rotatable bonds is 7. The topological polar surface area (TPSA) is 20.2 Å². The van der Waals surface area contributed by atoms with Crippen molar-refractivity contribution >= 4 is 0 Å². The first kappa shape index (κ1) is 11.4. The van der Waals surface area contributed by atoms with Gasteiger partial charge in [-0.05, 0) is 31.1 Å². The zero-order chi connectivity index (χ0) is 10.7. The van der Waals surface area contributed by atoms with Crippen molar-refractivity contribution in [2.24, 2.45) is 11.8 Å². The van der Waals surface area contributed by atoms with Crippen LogP contribution in [-0.4, -0.2) is 10.7 Å². The molecule has 2 aliphatic carbocycles. The van der Waals surface area contributed by atoms with E-state index in [1.165, 1.54) is 57.8 Å². The standard InChI is InChI=1S/C14H26O/c1-2-3-4-5-6-7-11-14(15)12-9-8-10-13(12)14/h12-13,15H,2-11H2,1H3. The first-order chi connectivity index (χ1) is 7.29. The Hall–Kier alpha value is -0.0400. The molecule has 1 nitrogen and oxygen atoms in total. The molecule has 2 saturated carbocycles. The van der Waals surface area contributed by atoms with Gasteiger partial charge < -0.3 is 5.11 Å². The van der Waals surface area contributed by atoms with Gasteiger partial charge in [-0.2, -0.15) is 0 Å². The van der Waals surface area contributed by atoms with Gasteiger partial charge in [0, 0.05) is 0 Å². The SMILES string of the molecule is CCCCCCCCC1(O)C2CCCC21. The molecule has 0 aromatic carbocycles. The fourth-order valence-corrected chi connectivity index (χ4v) is 3.61. The van der Waals surface area contributed by atoms with Crippen LogP contribution in [0.5, 0.6) is 0 Å². The van der Waals surface area contributed by atoms with Crippen molar-refractivity contribution in [1.82, 2.24) is 0 Å². The maximum absolute atomic E-state index is 10.3. The van der Waals surface area contributed by atoms with E-state index in [9.17, 15) is 5.11 Å². The normalized spacial score (nSPS) is 38.0. The zero-order valence-electron chi connectivity index (χ0n) is 10.2. The van der Waals surface area contributed by atoms with Gasteiger partial charge in [0.2, 0.25) is 0 Å². The lowest BCUT2D eigenvalue weighted by Gasteiger charge is -2.13. The van der Waals surface area contributed by atoms with E-state index in [1.54, 1.807) is 0 Å². The van der Waals surface area contributed by atoms with Crippen molar-refractivity contribution in [3.63, 3.8) is 0 Å². The van der Waals surface area contributed by atoms with Gasteiger partial charge in [-0.15, -0.1) is 0 Å². The van der Waals surface area contributed by atoms with Crippen molar-refractivity contribution in [3.05, 3.63) is 0 Å². The average Bonchev–Trinajstić information content (AvgIpc) is 2.68. The second kappa shape index (κ2) is 4.86. The van der Waals surface area contributed by atoms with Crippen LogP contribution in [0.15, 0.2) is 0 Å². The van der Waals surface area contributed by atoms with Crippen LogP contribution in [0, 0.1) is 11.8 Å². The molecule has 2 unspecified atom stereocenters. The molecule has 2 atom stereocenters. The molecule has 2 fully saturated rings. The molecular formula is C14H26O. The Morgan fingerprint density at radius 3 is 2.27 bits per heavy atom. The maximum atomic E-state index is 10.3. The Labute approximate surface area is 94.3 Å². The Kier molecular flexibility index (Phi) is 3.71. The quantitative estimate of drug-likeness (QED) is 0.632. The third kappa shape index (κ3) is 2.38. The first-order valence-corrected chi connectivity index (χ1v) is 7.01. The minimum absolute atomic E-state index is 0.191. The molecule has 15 heavy (non-hydrogen) atoms. The van der Waals surface area contributed by atoms with E-state index < -0.39 is 0 Å². The summed E-state index contributed by atoms with van der Waals surface area (Å²) in [5, 5.41) is 10.3. The molecule has 0 heterocycles. The summed E-state index contributed by atoms with van der Waals surface area (Å²) in [7, 11) is 0. The molecule has 0 aliphatic heterocycles. The Morgan fingerprint density at radius 2 is 1.60 bits per heavy atom. The van der Waals surface area contributed by atoms with Crippen LogP contribution in [0.25, 0.3) is 0 Å². The second-order valence-electron chi connectivity index (χ2n) is 5.65. The molecule has 0 saturated heterocycles. The molecule has 0 spiro atoms. The molecule has 0 bridgehead atoms. The summed E-state index contributed by atoms with van der Waals surface area (Å²) in [6, 6.07) is 0. The molecule has 2 aliphatic rings. The summed E-state index contributed by atoms with van der Waals surface area (Å²) < 4.78 is 0. The maximum Gasteiger partial charge on any atom is 0.0711 e. The third-order valence-electron chi connectivity index (χ3n) is 4.62. The summed E-state index contributed by atoms with van der Waals surface area (Å²) >= 11 is 0. The smallest absolute Gasteiger partial charge is 0.0711 e. The number of fused-ring (bicyclic) bond motifs is 1. The molecule has 1 heteroatoms. The van der Waals surface area contributed by atoms with Gasteiger partial charge in [-0.1, -0.05) is 51.9 Å². The highest BCUT2D eigenvalue weighted by Crippen LogP contribution is 2.62. The van der Waals surface area contributed by atoms with Crippen LogP contribution in [0.2, 0.25) is 0 Å². The Bertz CT molecular complexity index is 190. The minimum Gasteiger partial charge on any atom is -0.389 e. The van der Waals surface area contributed by atoms with E-state index in [0.29, 0.717) is 11.8 Å². The summed E-state index contributed by atoms with van der Waals surface area (Å²) in [6.07, 6.45) is 13.1. The van der Waals surface area contributed by atoms with Crippen LogP contribution >= 0.6 is 0 Å². The van der Waals surface area contributed by atoms with Crippen molar-refractivity contribution in [3.8, 4) is 0 Å². The lowest BCUT2D eigenvalue weighted by atomic mass is 10.00. The fourth-order valence-electron chi connectivity index (χ4n) is 3.61. The fraction of sp³-hybridized carbons (Fsp3) is 1.00. The monoisotopic (exact) mass is 210 g/mol. The highest BCUT2D eigenvalue weighted by molar-refractivity contribution is 5.14. The number of hydrogen-bond donors (Lipinski definition) is 1. The van der Waals surface area contributed by atoms with Gasteiger partial charge >= 0.3 is 0 Å². The van der Waals surface area contributed by atoms with Gasteiger partial charge in [0.25, 0.3) is 0 Å². The molecule has 0 aromatic rings. The molecule has 0 aromatic heterocycles. The van der Waals surface area contributed by atoms with Crippen molar-refractivity contribution in [2.45, 2.75) is 76.7 Å². The summed E-state index contributed by atoms with van der Waals surface area (Å²) in [4.78, 5) is 0. The van der Waals surface area contributed by atoms with Crippen molar-refractivity contribution in [1.29, 1.82) is 0 Å². The summed E-state index contributed by atoms with van der Waals surface area (Å²) in [5.74, 6) is 1.40. The molecule has 2 rings (SSSR count). The van der Waals surface area contributed by atoms with E-state index in [-0.39, 0.29) is 5.60 Å². The predicted octanol–water partition coefficient (Wildman–Crippen LogP) is 3.90. The molecule has 0 radical (unpaired) electrons. The van der Waals surface area contributed by atoms with Gasteiger partial charge in [-0.25, -0.2) is 0 Å². The van der Waals surface area contributed by atoms with Crippen molar-refractivity contribution in [2.75, 3.05) is 0 Å². The predicted molar refractivity (Wildman–Crippen MR) is 63.8 cm³/mol. The first-order valence-electron chi connectivity index (χ1n) is 7.01. The van der Waals surface area contributed by atoms with Crippen LogP contribution in [0.4, 0.5) is 0 Å². The lowest BCUT2D eigenvalue weighted by molar-refractivity contribution is 0.0935. The van der Waals surface area contributed by atoms with Gasteiger partial charge in [0.05, 0.1) is 5.60 Å². The average molecular weight is 210 g/mol. The Balaban J connectivity index is 1.52. The van der Waals surface area contributed by atoms with Gasteiger partial charge in [-0.3, -0.25) is 0 Å². The summed E-state index contributed by atoms with van der Waals surface area (Å²) in [6.45, 7) is 2.26. The van der Waals surface area contributed by atoms with Crippen LogP contribution in [0.3, 0.4) is 0 Å². The summed E-state index contributed by atoms with van der Waals surface area (Å²) in [5.41, 5.74) is -0.191. The van der Waals surface area contributed by atoms with E-state index >= 15 is 0 Å². The van der Waals surface area contributed by atoms with E-state index in [4.69, 9.17) is 0 Å². The van der Waals surface area contributed by atoms with Crippen LogP contribution in [-0.2, 0) is 0 Å². The van der Waals surface area contributed by atoms with Gasteiger partial charge in [0.1, 0.15) is 0 Å². The zero-order valence-corrected chi connectivity index (χ0v) is 10.2. The van der Waals surface area contributed by atoms with E-state index in [2.05, 4.69) is 6.92 Å². The molecule has 88 valence electrons. The molecule has 0 amide bonds. The van der Waals surface area contributed by atoms with Crippen LogP contribution in [0.1, 0.15) is 71.1 Å². The van der Waals surface area contributed by atoms with E-state index in [0.717, 1.165) is 6.42 Å². The number of unbranched alkanes of at least 4 members (excludes halogenated alkanes) is 5. The largest absolute Gasteiger partial charge is 0.389 e. The van der Waals surface area contributed by atoms with Crippen molar-refractivity contribution < 1.29 is 5.11 Å². The number of aliphatic hydroxyl groups is 1. The van der Waals surface area contributed by atoms with E-state index in [1.807, 2.05) is 0 Å².